The molecule has 1 aliphatic rings. The Morgan fingerprint density at radius 2 is 1.96 bits per heavy atom. The van der Waals surface area contributed by atoms with Gasteiger partial charge >= 0.3 is 0 Å². The summed E-state index contributed by atoms with van der Waals surface area (Å²) in [5, 5.41) is 12.4. The molecule has 0 bridgehead atoms. The largest absolute Gasteiger partial charge is 0.473 e. The lowest BCUT2D eigenvalue weighted by molar-refractivity contribution is 0.0582. The first kappa shape index (κ1) is 18.4. The average Bonchev–Trinajstić information content (AvgIpc) is 3.24. The number of halogens is 2. The van der Waals surface area contributed by atoms with Crippen LogP contribution in [0.2, 0.25) is 5.02 Å². The number of aromatic nitrogens is 4. The number of benzene rings is 1. The van der Waals surface area contributed by atoms with E-state index in [0.717, 1.165) is 0 Å². The van der Waals surface area contributed by atoms with E-state index in [2.05, 4.69) is 15.3 Å². The van der Waals surface area contributed by atoms with Crippen LogP contribution < -0.4 is 4.74 Å². The van der Waals surface area contributed by atoms with E-state index in [4.69, 9.17) is 16.3 Å². The summed E-state index contributed by atoms with van der Waals surface area (Å²) in [6.07, 6.45) is 4.57. The molecule has 3 aromatic rings. The van der Waals surface area contributed by atoms with Gasteiger partial charge in [0.15, 0.2) is 5.82 Å². The van der Waals surface area contributed by atoms with Crippen molar-refractivity contribution in [1.29, 1.82) is 0 Å². The van der Waals surface area contributed by atoms with Crippen LogP contribution in [-0.2, 0) is 0 Å². The highest BCUT2D eigenvalue weighted by atomic mass is 35.5. The molecular weight excluding hydrogens is 385 g/mol. The molecule has 1 fully saturated rings. The highest BCUT2D eigenvalue weighted by Crippen LogP contribution is 2.24. The standard InChI is InChI=1S/C19H17ClFN5O2/c20-14-3-1-4-15(21)18(14)19(27)25-11-7-13(8-12-25)28-17-6-5-16(23-24-17)26-10-2-9-22-26/h1-6,9-10,13H,7-8,11-12H2. The van der Waals surface area contributed by atoms with Gasteiger partial charge in [0, 0.05) is 44.4 Å². The second-order valence-corrected chi connectivity index (χ2v) is 6.79. The van der Waals surface area contributed by atoms with Gasteiger partial charge in [0.1, 0.15) is 11.9 Å². The lowest BCUT2D eigenvalue weighted by atomic mass is 10.1. The van der Waals surface area contributed by atoms with Crippen LogP contribution >= 0.6 is 11.6 Å². The Kier molecular flexibility index (Phi) is 5.21. The molecule has 144 valence electrons. The van der Waals surface area contributed by atoms with Crippen molar-refractivity contribution in [3.8, 4) is 11.7 Å². The molecule has 1 amide bonds. The molecule has 0 N–H and O–H groups in total. The summed E-state index contributed by atoms with van der Waals surface area (Å²) in [6, 6.07) is 9.54. The van der Waals surface area contributed by atoms with Crippen molar-refractivity contribution in [2.75, 3.05) is 13.1 Å². The van der Waals surface area contributed by atoms with Crippen molar-refractivity contribution < 1.29 is 13.9 Å². The predicted molar refractivity (Wildman–Crippen MR) is 100 cm³/mol. The first-order valence-electron chi connectivity index (χ1n) is 8.85. The van der Waals surface area contributed by atoms with Crippen LogP contribution in [0.3, 0.4) is 0 Å². The Morgan fingerprint density at radius 1 is 1.14 bits per heavy atom. The number of piperidine rings is 1. The van der Waals surface area contributed by atoms with Gasteiger partial charge in [0.25, 0.3) is 5.91 Å². The van der Waals surface area contributed by atoms with Gasteiger partial charge in [-0.05, 0) is 24.3 Å². The first-order chi connectivity index (χ1) is 13.6. The van der Waals surface area contributed by atoms with Crippen LogP contribution in [-0.4, -0.2) is 50.0 Å². The Morgan fingerprint density at radius 3 is 2.61 bits per heavy atom. The SMILES string of the molecule is O=C(c1c(F)cccc1Cl)N1CCC(Oc2ccc(-n3cccn3)nn2)CC1. The smallest absolute Gasteiger partial charge is 0.258 e. The summed E-state index contributed by atoms with van der Waals surface area (Å²) in [7, 11) is 0. The molecule has 0 spiro atoms. The number of hydrogen-bond donors (Lipinski definition) is 0. The molecule has 0 radical (unpaired) electrons. The zero-order valence-corrected chi connectivity index (χ0v) is 15.6. The lowest BCUT2D eigenvalue weighted by Crippen LogP contribution is -2.42. The molecular formula is C19H17ClFN5O2. The normalized spacial score (nSPS) is 14.9. The topological polar surface area (TPSA) is 73.1 Å². The summed E-state index contributed by atoms with van der Waals surface area (Å²) in [5.41, 5.74) is -0.0800. The van der Waals surface area contributed by atoms with Gasteiger partial charge in [-0.1, -0.05) is 17.7 Å². The average molecular weight is 402 g/mol. The summed E-state index contributed by atoms with van der Waals surface area (Å²) in [4.78, 5) is 14.2. The molecule has 1 saturated heterocycles. The van der Waals surface area contributed by atoms with E-state index in [1.165, 1.54) is 18.2 Å². The molecule has 28 heavy (non-hydrogen) atoms. The van der Waals surface area contributed by atoms with Gasteiger partial charge < -0.3 is 9.64 Å². The zero-order valence-electron chi connectivity index (χ0n) is 14.8. The molecule has 4 rings (SSSR count). The maximum atomic E-state index is 14.0. The van der Waals surface area contributed by atoms with Crippen molar-refractivity contribution >= 4 is 17.5 Å². The van der Waals surface area contributed by atoms with Gasteiger partial charge in [-0.2, -0.15) is 5.10 Å². The van der Waals surface area contributed by atoms with Crippen molar-refractivity contribution in [3.05, 3.63) is 65.2 Å². The number of amides is 1. The number of carbonyl (C=O) groups excluding carboxylic acids is 1. The van der Waals surface area contributed by atoms with Gasteiger partial charge in [-0.25, -0.2) is 9.07 Å². The van der Waals surface area contributed by atoms with Crippen LogP contribution in [0, 0.1) is 5.82 Å². The lowest BCUT2D eigenvalue weighted by Gasteiger charge is -2.32. The maximum absolute atomic E-state index is 14.0. The van der Waals surface area contributed by atoms with Crippen LogP contribution in [0.25, 0.3) is 5.82 Å². The molecule has 3 heterocycles. The van der Waals surface area contributed by atoms with Crippen LogP contribution in [0.5, 0.6) is 5.88 Å². The van der Waals surface area contributed by atoms with Gasteiger partial charge in [0.05, 0.1) is 10.6 Å². The zero-order chi connectivity index (χ0) is 19.5. The molecule has 0 atom stereocenters. The third kappa shape index (κ3) is 3.82. The molecule has 2 aromatic heterocycles. The number of rotatable bonds is 4. The molecule has 0 aliphatic carbocycles. The number of hydrogen-bond acceptors (Lipinski definition) is 5. The number of ether oxygens (including phenoxy) is 1. The van der Waals surface area contributed by atoms with Crippen molar-refractivity contribution in [2.45, 2.75) is 18.9 Å². The monoisotopic (exact) mass is 401 g/mol. The molecule has 0 saturated carbocycles. The first-order valence-corrected chi connectivity index (χ1v) is 9.23. The molecule has 9 heteroatoms. The van der Waals surface area contributed by atoms with Crippen molar-refractivity contribution in [1.82, 2.24) is 24.9 Å². The number of likely N-dealkylation sites (tertiary alicyclic amines) is 1. The summed E-state index contributed by atoms with van der Waals surface area (Å²) in [5.74, 6) is 0.00528. The van der Waals surface area contributed by atoms with E-state index in [-0.39, 0.29) is 16.7 Å². The second-order valence-electron chi connectivity index (χ2n) is 6.39. The van der Waals surface area contributed by atoms with Crippen LogP contribution in [0.15, 0.2) is 48.8 Å². The summed E-state index contributed by atoms with van der Waals surface area (Å²) in [6.45, 7) is 0.903. The third-order valence-corrected chi connectivity index (χ3v) is 4.87. The third-order valence-electron chi connectivity index (χ3n) is 4.56. The summed E-state index contributed by atoms with van der Waals surface area (Å²) >= 11 is 6.00. The van der Waals surface area contributed by atoms with Crippen LogP contribution in [0.1, 0.15) is 23.2 Å². The van der Waals surface area contributed by atoms with E-state index in [0.29, 0.717) is 37.6 Å². The Hall–Kier alpha value is -3.00. The van der Waals surface area contributed by atoms with E-state index in [9.17, 15) is 9.18 Å². The van der Waals surface area contributed by atoms with Crippen molar-refractivity contribution in [3.63, 3.8) is 0 Å². The predicted octanol–water partition coefficient (Wildman–Crippen LogP) is 3.14. The van der Waals surface area contributed by atoms with E-state index in [1.54, 1.807) is 40.2 Å². The molecule has 1 aliphatic heterocycles. The minimum Gasteiger partial charge on any atom is -0.473 e. The maximum Gasteiger partial charge on any atom is 0.258 e. The minimum atomic E-state index is -0.608. The highest BCUT2D eigenvalue weighted by molar-refractivity contribution is 6.33. The Labute approximate surface area is 165 Å². The van der Waals surface area contributed by atoms with E-state index in [1.807, 2.05) is 0 Å². The number of carbonyl (C=O) groups is 1. The van der Waals surface area contributed by atoms with Gasteiger partial charge in [-0.3, -0.25) is 4.79 Å². The number of nitrogens with zero attached hydrogens (tertiary/aromatic N) is 5. The minimum absolute atomic E-state index is 0.0800. The Bertz CT molecular complexity index is 937. The highest BCUT2D eigenvalue weighted by Gasteiger charge is 2.27. The quantitative estimate of drug-likeness (QED) is 0.671. The van der Waals surface area contributed by atoms with Gasteiger partial charge in [-0.15, -0.1) is 10.2 Å². The van der Waals surface area contributed by atoms with Crippen molar-refractivity contribution in [2.24, 2.45) is 0 Å². The molecule has 0 unspecified atom stereocenters. The molecule has 1 aromatic carbocycles. The van der Waals surface area contributed by atoms with Gasteiger partial charge in [0.2, 0.25) is 5.88 Å². The second kappa shape index (κ2) is 7.93. The fourth-order valence-electron chi connectivity index (χ4n) is 3.11. The fraction of sp³-hybridized carbons (Fsp3) is 0.263. The van der Waals surface area contributed by atoms with E-state index >= 15 is 0 Å². The van der Waals surface area contributed by atoms with E-state index < -0.39 is 11.7 Å². The van der Waals surface area contributed by atoms with Crippen LogP contribution in [0.4, 0.5) is 4.39 Å². The summed E-state index contributed by atoms with van der Waals surface area (Å²) < 4.78 is 21.4. The Balaban J connectivity index is 1.35. The molecule has 7 nitrogen and oxygen atoms in total. The fourth-order valence-corrected chi connectivity index (χ4v) is 3.35.